The summed E-state index contributed by atoms with van der Waals surface area (Å²) in [7, 11) is 0. The summed E-state index contributed by atoms with van der Waals surface area (Å²) in [6, 6.07) is 4.77. The second kappa shape index (κ2) is 8.75. The number of aryl methyl sites for hydroxylation is 1. The predicted octanol–water partition coefficient (Wildman–Crippen LogP) is 1.71. The van der Waals surface area contributed by atoms with Gasteiger partial charge in [0.25, 0.3) is 0 Å². The average molecular weight is 428 g/mol. The smallest absolute Gasteiger partial charge is 0.414 e. The number of carbonyl (C=O) groups excluding carboxylic acids is 2. The first-order chi connectivity index (χ1) is 14.9. The first-order valence-corrected chi connectivity index (χ1v) is 10.2. The van der Waals surface area contributed by atoms with Gasteiger partial charge in [-0.1, -0.05) is 0 Å². The SMILES string of the molecule is CC(=O)NCC1CN(c2ccc(N3CCN(c4cncc(C)n4)CC3)c(F)c2)C(=O)O1. The lowest BCUT2D eigenvalue weighted by Gasteiger charge is -2.36. The van der Waals surface area contributed by atoms with Crippen LogP contribution < -0.4 is 20.0 Å². The molecule has 1 aromatic heterocycles. The van der Waals surface area contributed by atoms with Crippen LogP contribution in [0, 0.1) is 12.7 Å². The van der Waals surface area contributed by atoms with Crippen LogP contribution in [0.2, 0.25) is 0 Å². The summed E-state index contributed by atoms with van der Waals surface area (Å²) in [5.74, 6) is 0.246. The number of halogens is 1. The fraction of sp³-hybridized carbons (Fsp3) is 0.429. The number of piperazine rings is 1. The van der Waals surface area contributed by atoms with Crippen molar-refractivity contribution in [1.82, 2.24) is 15.3 Å². The van der Waals surface area contributed by atoms with Crippen LogP contribution >= 0.6 is 0 Å². The highest BCUT2D eigenvalue weighted by Crippen LogP contribution is 2.29. The molecular formula is C21H25FN6O3. The number of nitrogens with zero attached hydrogens (tertiary/aromatic N) is 5. The number of carbonyl (C=O) groups is 2. The van der Waals surface area contributed by atoms with Crippen LogP contribution in [-0.4, -0.2) is 67.3 Å². The molecule has 1 aromatic carbocycles. The van der Waals surface area contributed by atoms with Crippen molar-refractivity contribution in [2.24, 2.45) is 0 Å². The minimum absolute atomic E-state index is 0.195. The van der Waals surface area contributed by atoms with Crippen molar-refractivity contribution in [2.45, 2.75) is 20.0 Å². The van der Waals surface area contributed by atoms with Gasteiger partial charge in [0.15, 0.2) is 0 Å². The minimum atomic E-state index is -0.546. The largest absolute Gasteiger partial charge is 0.442 e. The summed E-state index contributed by atoms with van der Waals surface area (Å²) in [5, 5.41) is 2.63. The number of hydrogen-bond donors (Lipinski definition) is 1. The number of ether oxygens (including phenoxy) is 1. The first-order valence-electron chi connectivity index (χ1n) is 10.2. The number of amides is 2. The molecule has 2 amide bonds. The molecular weight excluding hydrogens is 403 g/mol. The molecule has 2 saturated heterocycles. The first kappa shape index (κ1) is 20.8. The molecule has 0 spiro atoms. The topological polar surface area (TPSA) is 90.9 Å². The van der Waals surface area contributed by atoms with Gasteiger partial charge in [-0.25, -0.2) is 14.2 Å². The quantitative estimate of drug-likeness (QED) is 0.775. The van der Waals surface area contributed by atoms with Gasteiger partial charge < -0.3 is 19.9 Å². The van der Waals surface area contributed by atoms with Crippen LogP contribution in [0.5, 0.6) is 0 Å². The lowest BCUT2D eigenvalue weighted by molar-refractivity contribution is -0.119. The van der Waals surface area contributed by atoms with E-state index in [2.05, 4.69) is 20.2 Å². The van der Waals surface area contributed by atoms with E-state index in [-0.39, 0.29) is 24.8 Å². The number of cyclic esters (lactones) is 1. The van der Waals surface area contributed by atoms with Gasteiger partial charge in [0, 0.05) is 39.3 Å². The van der Waals surface area contributed by atoms with Crippen LogP contribution in [0.15, 0.2) is 30.6 Å². The molecule has 9 nitrogen and oxygen atoms in total. The standard InChI is InChI=1S/C21H25FN6O3/c1-14-10-23-12-20(25-14)27-7-5-26(6-8-27)19-4-3-16(9-18(19)22)28-13-17(31-21(28)30)11-24-15(2)29/h3-4,9-10,12,17H,5-8,11,13H2,1-2H3,(H,24,29). The highest BCUT2D eigenvalue weighted by molar-refractivity contribution is 5.90. The Morgan fingerprint density at radius 1 is 1.23 bits per heavy atom. The summed E-state index contributed by atoms with van der Waals surface area (Å²) < 4.78 is 20.2. The third kappa shape index (κ3) is 4.68. The lowest BCUT2D eigenvalue weighted by atomic mass is 10.2. The monoisotopic (exact) mass is 428 g/mol. The fourth-order valence-electron chi connectivity index (χ4n) is 3.80. The zero-order chi connectivity index (χ0) is 22.0. The van der Waals surface area contributed by atoms with Gasteiger partial charge in [0.05, 0.1) is 36.4 Å². The zero-order valence-electron chi connectivity index (χ0n) is 17.5. The van der Waals surface area contributed by atoms with Gasteiger partial charge >= 0.3 is 6.09 Å². The van der Waals surface area contributed by atoms with Crippen LogP contribution in [-0.2, 0) is 9.53 Å². The van der Waals surface area contributed by atoms with Gasteiger partial charge in [-0.2, -0.15) is 0 Å². The second-order valence-electron chi connectivity index (χ2n) is 7.68. The Bertz CT molecular complexity index is 979. The molecule has 10 heteroatoms. The lowest BCUT2D eigenvalue weighted by Crippen LogP contribution is -2.47. The number of benzene rings is 1. The summed E-state index contributed by atoms with van der Waals surface area (Å²) in [5.41, 5.74) is 1.80. The molecule has 2 fully saturated rings. The molecule has 1 atom stereocenters. The maximum atomic E-state index is 14.9. The van der Waals surface area contributed by atoms with Crippen LogP contribution in [0.3, 0.4) is 0 Å². The molecule has 4 rings (SSSR count). The second-order valence-corrected chi connectivity index (χ2v) is 7.68. The molecule has 164 valence electrons. The van der Waals surface area contributed by atoms with E-state index < -0.39 is 12.2 Å². The Hall–Kier alpha value is -3.43. The van der Waals surface area contributed by atoms with Gasteiger partial charge in [-0.3, -0.25) is 14.7 Å². The summed E-state index contributed by atoms with van der Waals surface area (Å²) in [6.45, 7) is 6.51. The minimum Gasteiger partial charge on any atom is -0.442 e. The molecule has 0 aliphatic carbocycles. The molecule has 0 bridgehead atoms. The molecule has 2 aliphatic heterocycles. The van der Waals surface area contributed by atoms with Crippen molar-refractivity contribution in [2.75, 3.05) is 54.0 Å². The van der Waals surface area contributed by atoms with E-state index >= 15 is 0 Å². The van der Waals surface area contributed by atoms with E-state index in [1.165, 1.54) is 17.9 Å². The highest BCUT2D eigenvalue weighted by atomic mass is 19.1. The van der Waals surface area contributed by atoms with Crippen molar-refractivity contribution < 1.29 is 18.7 Å². The maximum Gasteiger partial charge on any atom is 0.414 e. The average Bonchev–Trinajstić information content (AvgIpc) is 3.13. The van der Waals surface area contributed by atoms with Crippen LogP contribution in [0.1, 0.15) is 12.6 Å². The number of nitrogens with one attached hydrogen (secondary N) is 1. The van der Waals surface area contributed by atoms with Gasteiger partial charge in [0.1, 0.15) is 17.7 Å². The Morgan fingerprint density at radius 2 is 1.97 bits per heavy atom. The summed E-state index contributed by atoms with van der Waals surface area (Å²) in [6.07, 6.45) is 2.45. The Morgan fingerprint density at radius 3 is 2.65 bits per heavy atom. The van der Waals surface area contributed by atoms with E-state index in [4.69, 9.17) is 4.74 Å². The van der Waals surface area contributed by atoms with Crippen LogP contribution in [0.25, 0.3) is 0 Å². The molecule has 31 heavy (non-hydrogen) atoms. The van der Waals surface area contributed by atoms with Crippen LogP contribution in [0.4, 0.5) is 26.4 Å². The number of rotatable bonds is 5. The molecule has 1 unspecified atom stereocenters. The molecule has 2 aromatic rings. The summed E-state index contributed by atoms with van der Waals surface area (Å²) >= 11 is 0. The number of aromatic nitrogens is 2. The van der Waals surface area contributed by atoms with E-state index in [0.717, 1.165) is 11.5 Å². The summed E-state index contributed by atoms with van der Waals surface area (Å²) in [4.78, 5) is 37.4. The van der Waals surface area contributed by atoms with Crippen molar-refractivity contribution in [3.8, 4) is 0 Å². The van der Waals surface area contributed by atoms with Crippen molar-refractivity contribution in [3.63, 3.8) is 0 Å². The molecule has 0 radical (unpaired) electrons. The van der Waals surface area contributed by atoms with E-state index in [9.17, 15) is 14.0 Å². The molecule has 2 aliphatic rings. The number of anilines is 3. The fourth-order valence-corrected chi connectivity index (χ4v) is 3.80. The third-order valence-electron chi connectivity index (χ3n) is 5.38. The maximum absolute atomic E-state index is 14.9. The van der Waals surface area contributed by atoms with Crippen molar-refractivity contribution in [1.29, 1.82) is 0 Å². The zero-order valence-corrected chi connectivity index (χ0v) is 17.5. The Kier molecular flexibility index (Phi) is 5.88. The van der Waals surface area contributed by atoms with E-state index in [1.807, 2.05) is 11.8 Å². The Balaban J connectivity index is 1.39. The molecule has 0 saturated carbocycles. The van der Waals surface area contributed by atoms with E-state index in [0.29, 0.717) is 37.6 Å². The Labute approximate surface area is 179 Å². The highest BCUT2D eigenvalue weighted by Gasteiger charge is 2.33. The van der Waals surface area contributed by atoms with Crippen molar-refractivity contribution >= 4 is 29.2 Å². The van der Waals surface area contributed by atoms with E-state index in [1.54, 1.807) is 24.5 Å². The normalized spacial score (nSPS) is 18.9. The van der Waals surface area contributed by atoms with Crippen molar-refractivity contribution in [3.05, 3.63) is 42.1 Å². The van der Waals surface area contributed by atoms with Gasteiger partial charge in [-0.15, -0.1) is 0 Å². The van der Waals surface area contributed by atoms with Gasteiger partial charge in [0.2, 0.25) is 5.91 Å². The molecule has 3 heterocycles. The predicted molar refractivity (Wildman–Crippen MR) is 114 cm³/mol. The van der Waals surface area contributed by atoms with Gasteiger partial charge in [-0.05, 0) is 25.1 Å². The third-order valence-corrected chi connectivity index (χ3v) is 5.38. The molecule has 1 N–H and O–H groups in total. The number of hydrogen-bond acceptors (Lipinski definition) is 7.